The largest absolute Gasteiger partial charge is 0.374 e. The van der Waals surface area contributed by atoms with Gasteiger partial charge in [0.05, 0.1) is 0 Å². The van der Waals surface area contributed by atoms with Crippen molar-refractivity contribution in [3.05, 3.63) is 28.8 Å². The third-order valence-corrected chi connectivity index (χ3v) is 3.53. The van der Waals surface area contributed by atoms with Crippen LogP contribution in [-0.4, -0.2) is 20.1 Å². The predicted octanol–water partition coefficient (Wildman–Crippen LogP) is 4.47. The Balaban J connectivity index is 2.69. The molecule has 3 heteroatoms. The second-order valence-electron chi connectivity index (χ2n) is 5.08. The summed E-state index contributed by atoms with van der Waals surface area (Å²) in [4.78, 5) is 2.32. The van der Waals surface area contributed by atoms with Crippen molar-refractivity contribution in [2.45, 2.75) is 46.1 Å². The Kier molecular flexibility index (Phi) is 7.92. The monoisotopic (exact) mass is 282 g/mol. The van der Waals surface area contributed by atoms with Crippen molar-refractivity contribution < 1.29 is 0 Å². The van der Waals surface area contributed by atoms with Crippen molar-refractivity contribution >= 4 is 17.3 Å². The van der Waals surface area contributed by atoms with E-state index in [1.165, 1.54) is 30.5 Å². The van der Waals surface area contributed by atoms with E-state index in [0.29, 0.717) is 0 Å². The average molecular weight is 283 g/mol. The van der Waals surface area contributed by atoms with Crippen LogP contribution in [0.4, 0.5) is 5.69 Å². The Morgan fingerprint density at radius 2 is 1.95 bits per heavy atom. The maximum atomic E-state index is 6.14. The number of nitrogens with zero attached hydrogens (tertiary/aromatic N) is 1. The Hall–Kier alpha value is -0.730. The van der Waals surface area contributed by atoms with E-state index in [1.54, 1.807) is 0 Å². The molecule has 0 saturated heterocycles. The molecule has 0 aliphatic rings. The number of halogens is 1. The highest BCUT2D eigenvalue weighted by atomic mass is 35.5. The van der Waals surface area contributed by atoms with Crippen molar-refractivity contribution in [3.8, 4) is 0 Å². The van der Waals surface area contributed by atoms with Crippen LogP contribution in [0.25, 0.3) is 0 Å². The molecule has 0 saturated carbocycles. The van der Waals surface area contributed by atoms with Crippen molar-refractivity contribution in [2.75, 3.05) is 25.0 Å². The van der Waals surface area contributed by atoms with Crippen LogP contribution in [0, 0.1) is 0 Å². The fraction of sp³-hybridized carbons (Fsp3) is 0.625. The van der Waals surface area contributed by atoms with Gasteiger partial charge >= 0.3 is 0 Å². The van der Waals surface area contributed by atoms with Gasteiger partial charge < -0.3 is 10.2 Å². The number of nitrogens with one attached hydrogen (secondary N) is 1. The van der Waals surface area contributed by atoms with E-state index in [9.17, 15) is 0 Å². The van der Waals surface area contributed by atoms with Gasteiger partial charge in [0.25, 0.3) is 0 Å². The van der Waals surface area contributed by atoms with E-state index in [0.717, 1.165) is 31.1 Å². The summed E-state index contributed by atoms with van der Waals surface area (Å²) in [5.74, 6) is 0. The van der Waals surface area contributed by atoms with Crippen LogP contribution in [0.1, 0.15) is 45.1 Å². The summed E-state index contributed by atoms with van der Waals surface area (Å²) in [6.07, 6.45) is 4.94. The number of unbranched alkanes of at least 4 members (excludes halogenated alkanes) is 2. The van der Waals surface area contributed by atoms with Crippen molar-refractivity contribution in [1.82, 2.24) is 5.32 Å². The molecule has 1 rings (SSSR count). The first-order chi connectivity index (χ1) is 9.19. The molecule has 0 amide bonds. The molecule has 0 spiro atoms. The zero-order chi connectivity index (χ0) is 14.1. The predicted molar refractivity (Wildman–Crippen MR) is 86.2 cm³/mol. The Morgan fingerprint density at radius 3 is 2.63 bits per heavy atom. The highest BCUT2D eigenvalue weighted by Crippen LogP contribution is 2.24. The molecule has 1 N–H and O–H groups in total. The van der Waals surface area contributed by atoms with Crippen LogP contribution in [0.5, 0.6) is 0 Å². The zero-order valence-corrected chi connectivity index (χ0v) is 13.3. The Bertz CT molecular complexity index is 366. The minimum Gasteiger partial charge on any atom is -0.374 e. The molecular weight excluding hydrogens is 256 g/mol. The number of hydrogen-bond donors (Lipinski definition) is 1. The van der Waals surface area contributed by atoms with Gasteiger partial charge in [-0.3, -0.25) is 0 Å². The topological polar surface area (TPSA) is 15.3 Å². The molecule has 0 fully saturated rings. The quantitative estimate of drug-likeness (QED) is 0.673. The highest BCUT2D eigenvalue weighted by molar-refractivity contribution is 6.30. The smallest absolute Gasteiger partial charge is 0.0426 e. The summed E-state index contributed by atoms with van der Waals surface area (Å²) >= 11 is 6.14. The van der Waals surface area contributed by atoms with Crippen molar-refractivity contribution in [1.29, 1.82) is 0 Å². The molecule has 0 bridgehead atoms. The van der Waals surface area contributed by atoms with Gasteiger partial charge in [-0.05, 0) is 37.1 Å². The maximum absolute atomic E-state index is 6.14. The summed E-state index contributed by atoms with van der Waals surface area (Å²) in [6.45, 7) is 7.49. The number of benzene rings is 1. The lowest BCUT2D eigenvalue weighted by atomic mass is 10.1. The molecule has 19 heavy (non-hydrogen) atoms. The zero-order valence-electron chi connectivity index (χ0n) is 12.5. The van der Waals surface area contributed by atoms with Crippen LogP contribution < -0.4 is 10.2 Å². The SMILES string of the molecule is CCCCCN(C)c1cc(Cl)ccc1CNCCC. The van der Waals surface area contributed by atoms with Gasteiger partial charge in [-0.2, -0.15) is 0 Å². The minimum atomic E-state index is 0.816. The van der Waals surface area contributed by atoms with E-state index in [-0.39, 0.29) is 0 Å². The Labute approximate surface area is 123 Å². The van der Waals surface area contributed by atoms with Crippen molar-refractivity contribution in [2.24, 2.45) is 0 Å². The molecule has 108 valence electrons. The molecule has 0 aromatic heterocycles. The minimum absolute atomic E-state index is 0.816. The first kappa shape index (κ1) is 16.3. The lowest BCUT2D eigenvalue weighted by molar-refractivity contribution is 0.669. The summed E-state index contributed by atoms with van der Waals surface area (Å²) in [7, 11) is 2.16. The summed E-state index contributed by atoms with van der Waals surface area (Å²) in [5, 5.41) is 4.28. The highest BCUT2D eigenvalue weighted by Gasteiger charge is 2.08. The normalized spacial score (nSPS) is 10.7. The molecule has 0 aliphatic carbocycles. The number of anilines is 1. The van der Waals surface area contributed by atoms with E-state index in [1.807, 2.05) is 6.07 Å². The molecule has 1 aromatic carbocycles. The molecule has 1 aromatic rings. The lowest BCUT2D eigenvalue weighted by Crippen LogP contribution is -2.22. The summed E-state index contributed by atoms with van der Waals surface area (Å²) in [6, 6.07) is 6.20. The van der Waals surface area contributed by atoms with Crippen LogP contribution in [0.2, 0.25) is 5.02 Å². The van der Waals surface area contributed by atoms with Crippen LogP contribution in [0.3, 0.4) is 0 Å². The molecule has 0 heterocycles. The van der Waals surface area contributed by atoms with Gasteiger partial charge in [-0.15, -0.1) is 0 Å². The van der Waals surface area contributed by atoms with Crippen LogP contribution in [0.15, 0.2) is 18.2 Å². The molecule has 0 aliphatic heterocycles. The van der Waals surface area contributed by atoms with Gasteiger partial charge in [0.2, 0.25) is 0 Å². The van der Waals surface area contributed by atoms with Crippen molar-refractivity contribution in [3.63, 3.8) is 0 Å². The van der Waals surface area contributed by atoms with Gasteiger partial charge in [0, 0.05) is 30.8 Å². The average Bonchev–Trinajstić information content (AvgIpc) is 2.40. The van der Waals surface area contributed by atoms with E-state index >= 15 is 0 Å². The maximum Gasteiger partial charge on any atom is 0.0426 e. The second-order valence-corrected chi connectivity index (χ2v) is 5.51. The molecule has 0 atom stereocenters. The summed E-state index contributed by atoms with van der Waals surface area (Å²) in [5.41, 5.74) is 2.59. The molecule has 2 nitrogen and oxygen atoms in total. The van der Waals surface area contributed by atoms with E-state index in [4.69, 9.17) is 11.6 Å². The first-order valence-electron chi connectivity index (χ1n) is 7.39. The molecule has 0 unspecified atom stereocenters. The molecule has 0 radical (unpaired) electrons. The number of rotatable bonds is 9. The lowest BCUT2D eigenvalue weighted by Gasteiger charge is -2.23. The summed E-state index contributed by atoms with van der Waals surface area (Å²) < 4.78 is 0. The van der Waals surface area contributed by atoms with Gasteiger partial charge in [0.15, 0.2) is 0 Å². The van der Waals surface area contributed by atoms with Gasteiger partial charge in [-0.25, -0.2) is 0 Å². The third kappa shape index (κ3) is 5.84. The van der Waals surface area contributed by atoms with E-state index in [2.05, 4.69) is 43.2 Å². The van der Waals surface area contributed by atoms with E-state index < -0.39 is 0 Å². The van der Waals surface area contributed by atoms with Crippen LogP contribution >= 0.6 is 11.6 Å². The Morgan fingerprint density at radius 1 is 1.16 bits per heavy atom. The number of hydrogen-bond acceptors (Lipinski definition) is 2. The van der Waals surface area contributed by atoms with Gasteiger partial charge in [-0.1, -0.05) is 44.4 Å². The second kappa shape index (κ2) is 9.22. The van der Waals surface area contributed by atoms with Crippen LogP contribution in [-0.2, 0) is 6.54 Å². The molecular formula is C16H27ClN2. The van der Waals surface area contributed by atoms with Gasteiger partial charge in [0.1, 0.15) is 0 Å². The first-order valence-corrected chi connectivity index (χ1v) is 7.77. The fourth-order valence-electron chi connectivity index (χ4n) is 2.16. The fourth-order valence-corrected chi connectivity index (χ4v) is 2.33. The standard InChI is InChI=1S/C16H27ClN2/c1-4-6-7-11-19(3)16-12-15(17)9-8-14(16)13-18-10-5-2/h8-9,12,18H,4-7,10-11,13H2,1-3H3. The third-order valence-electron chi connectivity index (χ3n) is 3.30.